The van der Waals surface area contributed by atoms with Gasteiger partial charge in [-0.2, -0.15) is 0 Å². The van der Waals surface area contributed by atoms with E-state index in [-0.39, 0.29) is 41.5 Å². The van der Waals surface area contributed by atoms with Crippen molar-refractivity contribution in [1.82, 2.24) is 20.2 Å². The van der Waals surface area contributed by atoms with E-state index < -0.39 is 17.3 Å². The fourth-order valence-electron chi connectivity index (χ4n) is 4.20. The summed E-state index contributed by atoms with van der Waals surface area (Å²) in [6, 6.07) is 9.54. The van der Waals surface area contributed by atoms with Gasteiger partial charge in [-0.1, -0.05) is 23.7 Å². The molecule has 2 N–H and O–H groups in total. The normalized spacial score (nSPS) is 14.2. The SMILES string of the molecule is CC(=O)N1CCC(CCOc2c(F)ccc3nc(C(=O)NCc4cccc(Cl)c4)[nH]c(=O)c23)CC1. The van der Waals surface area contributed by atoms with E-state index in [1.54, 1.807) is 25.1 Å². The predicted octanol–water partition coefficient (Wildman–Crippen LogP) is 3.67. The van der Waals surface area contributed by atoms with Crippen LogP contribution in [0.3, 0.4) is 0 Å². The number of fused-ring (bicyclic) bond motifs is 1. The van der Waals surface area contributed by atoms with Crippen LogP contribution in [-0.2, 0) is 11.3 Å². The smallest absolute Gasteiger partial charge is 0.287 e. The lowest BCUT2D eigenvalue weighted by molar-refractivity contribution is -0.130. The van der Waals surface area contributed by atoms with Crippen LogP contribution in [0, 0.1) is 11.7 Å². The maximum Gasteiger partial charge on any atom is 0.287 e. The van der Waals surface area contributed by atoms with Gasteiger partial charge in [-0.05, 0) is 55.0 Å². The van der Waals surface area contributed by atoms with Gasteiger partial charge in [0.15, 0.2) is 17.4 Å². The van der Waals surface area contributed by atoms with Crippen molar-refractivity contribution in [2.24, 2.45) is 5.92 Å². The Labute approximate surface area is 206 Å². The number of halogens is 2. The maximum absolute atomic E-state index is 14.6. The van der Waals surface area contributed by atoms with Gasteiger partial charge in [0.05, 0.1) is 12.1 Å². The second-order valence-electron chi connectivity index (χ2n) is 8.58. The highest BCUT2D eigenvalue weighted by Gasteiger charge is 2.22. The number of aromatic amines is 1. The van der Waals surface area contributed by atoms with Gasteiger partial charge in [0, 0.05) is 31.6 Å². The number of nitrogens with zero attached hydrogens (tertiary/aromatic N) is 2. The van der Waals surface area contributed by atoms with Crippen LogP contribution in [0.4, 0.5) is 4.39 Å². The lowest BCUT2D eigenvalue weighted by atomic mass is 9.94. The topological polar surface area (TPSA) is 104 Å². The summed E-state index contributed by atoms with van der Waals surface area (Å²) >= 11 is 5.96. The molecule has 3 aromatic rings. The molecule has 0 atom stereocenters. The third-order valence-corrected chi connectivity index (χ3v) is 6.40. The molecule has 10 heteroatoms. The van der Waals surface area contributed by atoms with Gasteiger partial charge >= 0.3 is 0 Å². The lowest BCUT2D eigenvalue weighted by Crippen LogP contribution is -2.37. The molecule has 184 valence electrons. The van der Waals surface area contributed by atoms with E-state index in [1.165, 1.54) is 12.1 Å². The Kier molecular flexibility index (Phi) is 7.65. The van der Waals surface area contributed by atoms with Crippen LogP contribution >= 0.6 is 11.6 Å². The minimum Gasteiger partial charge on any atom is -0.490 e. The molecule has 1 aliphatic rings. The number of ether oxygens (including phenoxy) is 1. The first-order chi connectivity index (χ1) is 16.8. The second kappa shape index (κ2) is 10.9. The third kappa shape index (κ3) is 5.97. The molecule has 0 bridgehead atoms. The zero-order chi connectivity index (χ0) is 24.9. The first-order valence-corrected chi connectivity index (χ1v) is 11.8. The van der Waals surface area contributed by atoms with Crippen molar-refractivity contribution in [1.29, 1.82) is 0 Å². The summed E-state index contributed by atoms with van der Waals surface area (Å²) in [5.41, 5.74) is 0.290. The fraction of sp³-hybridized carbons (Fsp3) is 0.360. The highest BCUT2D eigenvalue weighted by atomic mass is 35.5. The highest BCUT2D eigenvalue weighted by Crippen LogP contribution is 2.27. The predicted molar refractivity (Wildman–Crippen MR) is 130 cm³/mol. The Hall–Kier alpha value is -3.46. The molecule has 1 saturated heterocycles. The van der Waals surface area contributed by atoms with Gasteiger partial charge in [-0.25, -0.2) is 9.37 Å². The number of aromatic nitrogens is 2. The molecular formula is C25H26ClFN4O4. The molecule has 0 unspecified atom stereocenters. The molecule has 2 amide bonds. The molecule has 2 aromatic carbocycles. The van der Waals surface area contributed by atoms with E-state index in [9.17, 15) is 18.8 Å². The average molecular weight is 501 g/mol. The molecule has 0 saturated carbocycles. The van der Waals surface area contributed by atoms with Gasteiger partial charge in [0.1, 0.15) is 5.39 Å². The first kappa shape index (κ1) is 24.7. The first-order valence-electron chi connectivity index (χ1n) is 11.5. The number of H-pyrrole nitrogens is 1. The van der Waals surface area contributed by atoms with E-state index in [2.05, 4.69) is 15.3 Å². The van der Waals surface area contributed by atoms with Crippen LogP contribution in [0.1, 0.15) is 42.4 Å². The number of likely N-dealkylation sites (tertiary alicyclic amines) is 1. The summed E-state index contributed by atoms with van der Waals surface area (Å²) in [6.07, 6.45) is 2.39. The average Bonchev–Trinajstić information content (AvgIpc) is 2.84. The van der Waals surface area contributed by atoms with Crippen molar-refractivity contribution < 1.29 is 18.7 Å². The van der Waals surface area contributed by atoms with Gasteiger partial charge in [-0.3, -0.25) is 14.4 Å². The standard InChI is InChI=1S/C25H26ClFN4O4/c1-15(32)31-10-7-16(8-11-31)9-12-35-22-19(27)5-6-20-21(22)24(33)30-23(29-20)25(34)28-14-17-3-2-4-18(26)13-17/h2-6,13,16H,7-12,14H2,1H3,(H,28,34)(H,29,30,33). The van der Waals surface area contributed by atoms with E-state index >= 15 is 0 Å². The molecule has 35 heavy (non-hydrogen) atoms. The number of amides is 2. The molecule has 1 aliphatic heterocycles. The summed E-state index contributed by atoms with van der Waals surface area (Å²) in [5.74, 6) is -1.18. The summed E-state index contributed by atoms with van der Waals surface area (Å²) in [5, 5.41) is 3.19. The number of nitrogens with one attached hydrogen (secondary N) is 2. The van der Waals surface area contributed by atoms with Gasteiger partial charge in [0.25, 0.3) is 11.5 Å². The zero-order valence-corrected chi connectivity index (χ0v) is 20.0. The quantitative estimate of drug-likeness (QED) is 0.515. The van der Waals surface area contributed by atoms with Crippen molar-refractivity contribution in [3.8, 4) is 5.75 Å². The molecule has 2 heterocycles. The van der Waals surface area contributed by atoms with Crippen molar-refractivity contribution in [2.75, 3.05) is 19.7 Å². The number of rotatable bonds is 7. The summed E-state index contributed by atoms with van der Waals surface area (Å²) in [7, 11) is 0. The van der Waals surface area contributed by atoms with Crippen molar-refractivity contribution in [2.45, 2.75) is 32.7 Å². The Morgan fingerprint density at radius 3 is 2.74 bits per heavy atom. The van der Waals surface area contributed by atoms with Crippen LogP contribution in [0.5, 0.6) is 5.75 Å². The Morgan fingerprint density at radius 2 is 2.03 bits per heavy atom. The molecular weight excluding hydrogens is 475 g/mol. The molecule has 1 aromatic heterocycles. The summed E-state index contributed by atoms with van der Waals surface area (Å²) in [6.45, 7) is 3.39. The summed E-state index contributed by atoms with van der Waals surface area (Å²) < 4.78 is 20.3. The van der Waals surface area contributed by atoms with Gasteiger partial charge in [0.2, 0.25) is 5.91 Å². The van der Waals surface area contributed by atoms with Crippen molar-refractivity contribution in [3.63, 3.8) is 0 Å². The minimum atomic E-state index is -0.672. The minimum absolute atomic E-state index is 0.0391. The van der Waals surface area contributed by atoms with Gasteiger partial charge < -0.3 is 19.9 Å². The van der Waals surface area contributed by atoms with Crippen LogP contribution in [0.2, 0.25) is 5.02 Å². The van der Waals surface area contributed by atoms with E-state index in [0.717, 1.165) is 18.4 Å². The third-order valence-electron chi connectivity index (χ3n) is 6.17. The number of piperidine rings is 1. The monoisotopic (exact) mass is 500 g/mol. The number of benzene rings is 2. The van der Waals surface area contributed by atoms with Crippen LogP contribution in [-0.4, -0.2) is 46.4 Å². The molecule has 1 fully saturated rings. The molecule has 8 nitrogen and oxygen atoms in total. The molecule has 0 aliphatic carbocycles. The van der Waals surface area contributed by atoms with Gasteiger partial charge in [-0.15, -0.1) is 0 Å². The number of carbonyl (C=O) groups excluding carboxylic acids is 2. The van der Waals surface area contributed by atoms with Crippen LogP contribution in [0.15, 0.2) is 41.2 Å². The fourth-order valence-corrected chi connectivity index (χ4v) is 4.42. The molecule has 0 radical (unpaired) electrons. The second-order valence-corrected chi connectivity index (χ2v) is 9.02. The largest absolute Gasteiger partial charge is 0.490 e. The zero-order valence-electron chi connectivity index (χ0n) is 19.3. The Bertz CT molecular complexity index is 1300. The number of hydrogen-bond donors (Lipinski definition) is 2. The molecule has 0 spiro atoms. The summed E-state index contributed by atoms with van der Waals surface area (Å²) in [4.78, 5) is 45.3. The van der Waals surface area contributed by atoms with E-state index in [1.807, 2.05) is 11.0 Å². The number of hydrogen-bond acceptors (Lipinski definition) is 5. The Balaban J connectivity index is 1.44. The van der Waals surface area contributed by atoms with E-state index in [4.69, 9.17) is 16.3 Å². The van der Waals surface area contributed by atoms with Crippen LogP contribution < -0.4 is 15.6 Å². The van der Waals surface area contributed by atoms with Crippen molar-refractivity contribution in [3.05, 3.63) is 69.0 Å². The molecule has 4 rings (SSSR count). The number of carbonyl (C=O) groups is 2. The van der Waals surface area contributed by atoms with Crippen LogP contribution in [0.25, 0.3) is 10.9 Å². The lowest BCUT2D eigenvalue weighted by Gasteiger charge is -2.31. The van der Waals surface area contributed by atoms with E-state index in [0.29, 0.717) is 30.5 Å². The maximum atomic E-state index is 14.6. The Morgan fingerprint density at radius 1 is 1.26 bits per heavy atom. The van der Waals surface area contributed by atoms with Crippen molar-refractivity contribution >= 4 is 34.3 Å². The highest BCUT2D eigenvalue weighted by molar-refractivity contribution is 6.30.